The molecule has 0 saturated heterocycles. The summed E-state index contributed by atoms with van der Waals surface area (Å²) in [5.41, 5.74) is 1.29. The predicted octanol–water partition coefficient (Wildman–Crippen LogP) is 2.54. The van der Waals surface area contributed by atoms with Gasteiger partial charge >= 0.3 is 0 Å². The lowest BCUT2D eigenvalue weighted by Gasteiger charge is -2.29. The van der Waals surface area contributed by atoms with Gasteiger partial charge in [-0.3, -0.25) is 4.79 Å². The fraction of sp³-hybridized carbons (Fsp3) is 0.308. The van der Waals surface area contributed by atoms with E-state index in [4.69, 9.17) is 0 Å². The number of hydrogen-bond donors (Lipinski definition) is 0. The second-order valence-corrected chi connectivity index (χ2v) is 3.86. The van der Waals surface area contributed by atoms with Crippen LogP contribution in [0.2, 0.25) is 0 Å². The molecule has 2 rings (SSSR count). The highest BCUT2D eigenvalue weighted by molar-refractivity contribution is 5.90. The van der Waals surface area contributed by atoms with Gasteiger partial charge in [-0.1, -0.05) is 30.3 Å². The van der Waals surface area contributed by atoms with E-state index in [-0.39, 0.29) is 5.78 Å². The van der Waals surface area contributed by atoms with E-state index in [1.807, 2.05) is 24.4 Å². The summed E-state index contributed by atoms with van der Waals surface area (Å²) in [6.45, 7) is 2.99. The maximum absolute atomic E-state index is 11.1. The van der Waals surface area contributed by atoms with E-state index in [9.17, 15) is 4.79 Å². The number of benzene rings is 1. The van der Waals surface area contributed by atoms with Gasteiger partial charge in [-0.2, -0.15) is 0 Å². The molecule has 0 aromatic heterocycles. The van der Waals surface area contributed by atoms with Crippen LogP contribution in [0.15, 0.2) is 42.6 Å². The Labute approximate surface area is 90.2 Å². The summed E-state index contributed by atoms with van der Waals surface area (Å²) in [5, 5.41) is 0. The Kier molecular flexibility index (Phi) is 2.86. The summed E-state index contributed by atoms with van der Waals surface area (Å²) in [6, 6.07) is 10.7. The van der Waals surface area contributed by atoms with Crippen molar-refractivity contribution in [3.8, 4) is 0 Å². The summed E-state index contributed by atoms with van der Waals surface area (Å²) in [4.78, 5) is 13.3. The normalized spacial score (nSPS) is 17.9. The molecule has 2 heteroatoms. The average Bonchev–Trinajstić information content (AvgIpc) is 2.30. The third-order valence-corrected chi connectivity index (χ3v) is 2.85. The van der Waals surface area contributed by atoms with Crippen LogP contribution in [-0.2, 0) is 4.79 Å². The van der Waals surface area contributed by atoms with Crippen LogP contribution in [0.1, 0.15) is 24.9 Å². The number of nitrogens with zero attached hydrogens (tertiary/aromatic N) is 1. The highest BCUT2D eigenvalue weighted by Crippen LogP contribution is 2.21. The second kappa shape index (κ2) is 4.30. The van der Waals surface area contributed by atoms with Crippen molar-refractivity contribution < 1.29 is 4.79 Å². The van der Waals surface area contributed by atoms with Crippen molar-refractivity contribution >= 4 is 5.78 Å². The largest absolute Gasteiger partial charge is 0.370 e. The van der Waals surface area contributed by atoms with Gasteiger partial charge in [-0.15, -0.1) is 0 Å². The Hall–Kier alpha value is -1.57. The lowest BCUT2D eigenvalue weighted by Crippen LogP contribution is -2.27. The molecule has 0 fully saturated rings. The smallest absolute Gasteiger partial charge is 0.158 e. The van der Waals surface area contributed by atoms with Crippen molar-refractivity contribution in [2.24, 2.45) is 0 Å². The molecule has 0 unspecified atom stereocenters. The van der Waals surface area contributed by atoms with Crippen LogP contribution >= 0.6 is 0 Å². The minimum atomic E-state index is 0.228. The Bertz CT molecular complexity index is 369. The lowest BCUT2D eigenvalue weighted by atomic mass is 10.1. The zero-order valence-corrected chi connectivity index (χ0v) is 8.89. The van der Waals surface area contributed by atoms with Crippen LogP contribution < -0.4 is 0 Å². The van der Waals surface area contributed by atoms with Gasteiger partial charge in [-0.25, -0.2) is 0 Å². The van der Waals surface area contributed by atoms with Crippen LogP contribution in [0.5, 0.6) is 0 Å². The molecule has 0 bridgehead atoms. The highest BCUT2D eigenvalue weighted by atomic mass is 16.1. The summed E-state index contributed by atoms with van der Waals surface area (Å²) in [7, 11) is 0. The van der Waals surface area contributed by atoms with Crippen LogP contribution in [0, 0.1) is 0 Å². The molecule has 15 heavy (non-hydrogen) atoms. The molecule has 1 aliphatic rings. The van der Waals surface area contributed by atoms with Crippen LogP contribution in [-0.4, -0.2) is 17.2 Å². The topological polar surface area (TPSA) is 20.3 Å². The van der Waals surface area contributed by atoms with Crippen molar-refractivity contribution in [1.29, 1.82) is 0 Å². The zero-order valence-electron chi connectivity index (χ0n) is 8.89. The van der Waals surface area contributed by atoms with E-state index in [2.05, 4.69) is 24.0 Å². The number of ketones is 1. The summed E-state index contributed by atoms with van der Waals surface area (Å²) in [6.07, 6.45) is 4.21. The Morgan fingerprint density at radius 2 is 2.00 bits per heavy atom. The molecule has 0 radical (unpaired) electrons. The molecule has 1 aromatic carbocycles. The fourth-order valence-electron chi connectivity index (χ4n) is 1.82. The Morgan fingerprint density at radius 3 is 2.60 bits per heavy atom. The molecule has 1 aromatic rings. The minimum absolute atomic E-state index is 0.228. The molecule has 0 N–H and O–H groups in total. The second-order valence-electron chi connectivity index (χ2n) is 3.86. The predicted molar refractivity (Wildman–Crippen MR) is 60.3 cm³/mol. The van der Waals surface area contributed by atoms with E-state index in [1.54, 1.807) is 6.08 Å². The quantitative estimate of drug-likeness (QED) is 0.732. The zero-order chi connectivity index (χ0) is 10.7. The van der Waals surface area contributed by atoms with Crippen LogP contribution in [0.3, 0.4) is 0 Å². The number of allylic oxidation sites excluding steroid dienone is 1. The van der Waals surface area contributed by atoms with Crippen molar-refractivity contribution in [2.45, 2.75) is 19.4 Å². The molecule has 1 aliphatic heterocycles. The van der Waals surface area contributed by atoms with Gasteiger partial charge in [0.25, 0.3) is 0 Å². The van der Waals surface area contributed by atoms with Crippen LogP contribution in [0.4, 0.5) is 0 Å². The van der Waals surface area contributed by atoms with Gasteiger partial charge in [0.15, 0.2) is 5.78 Å². The SMILES string of the molecule is C[C@H](c1ccccc1)N1C=CC(=O)CC1. The number of carbonyl (C=O) groups excluding carboxylic acids is 1. The van der Waals surface area contributed by atoms with Gasteiger partial charge in [0.1, 0.15) is 0 Å². The van der Waals surface area contributed by atoms with Crippen molar-refractivity contribution in [3.63, 3.8) is 0 Å². The van der Waals surface area contributed by atoms with Crippen molar-refractivity contribution in [2.75, 3.05) is 6.54 Å². The molecule has 0 aliphatic carbocycles. The van der Waals surface area contributed by atoms with Gasteiger partial charge in [0, 0.05) is 19.2 Å². The van der Waals surface area contributed by atoms with Crippen LogP contribution in [0.25, 0.3) is 0 Å². The van der Waals surface area contributed by atoms with E-state index in [0.29, 0.717) is 12.5 Å². The molecule has 78 valence electrons. The summed E-state index contributed by atoms with van der Waals surface area (Å²) in [5.74, 6) is 0.228. The lowest BCUT2D eigenvalue weighted by molar-refractivity contribution is -0.115. The summed E-state index contributed by atoms with van der Waals surface area (Å²) >= 11 is 0. The van der Waals surface area contributed by atoms with Gasteiger partial charge in [0.05, 0.1) is 6.04 Å². The Balaban J connectivity index is 2.12. The van der Waals surface area contributed by atoms with Gasteiger partial charge < -0.3 is 4.90 Å². The van der Waals surface area contributed by atoms with Gasteiger partial charge in [0.2, 0.25) is 0 Å². The first kappa shape index (κ1) is 9.97. The standard InChI is InChI=1S/C13H15NO/c1-11(12-5-3-2-4-6-12)14-9-7-13(15)8-10-14/h2-7,9,11H,8,10H2,1H3/t11-/m1/s1. The van der Waals surface area contributed by atoms with Gasteiger partial charge in [-0.05, 0) is 18.6 Å². The first-order chi connectivity index (χ1) is 7.27. The maximum Gasteiger partial charge on any atom is 0.158 e. The number of carbonyl (C=O) groups is 1. The summed E-state index contributed by atoms with van der Waals surface area (Å²) < 4.78 is 0. The maximum atomic E-state index is 11.1. The third-order valence-electron chi connectivity index (χ3n) is 2.85. The average molecular weight is 201 g/mol. The van der Waals surface area contributed by atoms with E-state index in [1.165, 1.54) is 5.56 Å². The van der Waals surface area contributed by atoms with Crippen molar-refractivity contribution in [3.05, 3.63) is 48.2 Å². The molecule has 0 saturated carbocycles. The highest BCUT2D eigenvalue weighted by Gasteiger charge is 2.15. The molecular weight excluding hydrogens is 186 g/mol. The van der Waals surface area contributed by atoms with E-state index >= 15 is 0 Å². The molecule has 2 nitrogen and oxygen atoms in total. The third kappa shape index (κ3) is 2.27. The number of hydrogen-bond acceptors (Lipinski definition) is 2. The molecule has 1 atom stereocenters. The molecule has 0 amide bonds. The molecule has 0 spiro atoms. The van der Waals surface area contributed by atoms with E-state index in [0.717, 1.165) is 6.54 Å². The first-order valence-corrected chi connectivity index (χ1v) is 5.29. The fourth-order valence-corrected chi connectivity index (χ4v) is 1.82. The Morgan fingerprint density at radius 1 is 1.27 bits per heavy atom. The number of rotatable bonds is 2. The minimum Gasteiger partial charge on any atom is -0.370 e. The molecule has 1 heterocycles. The van der Waals surface area contributed by atoms with Crippen molar-refractivity contribution in [1.82, 2.24) is 4.90 Å². The van der Waals surface area contributed by atoms with E-state index < -0.39 is 0 Å². The first-order valence-electron chi connectivity index (χ1n) is 5.29. The molecular formula is C13H15NO. The monoisotopic (exact) mass is 201 g/mol.